The normalized spacial score (nSPS) is 11.6. The Labute approximate surface area is 83.3 Å². The van der Waals surface area contributed by atoms with Crippen molar-refractivity contribution in [1.29, 1.82) is 0 Å². The first-order valence-electron chi connectivity index (χ1n) is 3.99. The summed E-state index contributed by atoms with van der Waals surface area (Å²) >= 11 is 0. The molecule has 1 aromatic heterocycles. The van der Waals surface area contributed by atoms with E-state index in [9.17, 15) is 18.0 Å². The zero-order chi connectivity index (χ0) is 11.8. The second-order valence-electron chi connectivity index (χ2n) is 3.12. The molecule has 0 aliphatic rings. The molecule has 0 aliphatic carbocycles. The van der Waals surface area contributed by atoms with Gasteiger partial charge in [-0.1, -0.05) is 0 Å². The number of hydrogen-bond donors (Lipinski definition) is 0. The van der Waals surface area contributed by atoms with Gasteiger partial charge in [0.25, 0.3) is 11.6 Å². The zero-order valence-corrected chi connectivity index (χ0v) is 8.34. The lowest BCUT2D eigenvalue weighted by Gasteiger charge is -2.12. The largest absolute Gasteiger partial charge is 0.430 e. The molecule has 0 spiro atoms. The van der Waals surface area contributed by atoms with E-state index in [4.69, 9.17) is 4.42 Å². The minimum absolute atomic E-state index is 0.148. The Morgan fingerprint density at radius 1 is 1.33 bits per heavy atom. The monoisotopic (exact) mass is 222 g/mol. The van der Waals surface area contributed by atoms with E-state index in [1.54, 1.807) is 0 Å². The van der Waals surface area contributed by atoms with Crippen molar-refractivity contribution in [2.24, 2.45) is 0 Å². The molecule has 0 atom stereocenters. The van der Waals surface area contributed by atoms with Crippen molar-refractivity contribution in [1.82, 2.24) is 4.98 Å². The van der Waals surface area contributed by atoms with Crippen molar-refractivity contribution in [3.05, 3.63) is 21.7 Å². The molecule has 0 radical (unpaired) electrons. The van der Waals surface area contributed by atoms with Gasteiger partial charge in [0.1, 0.15) is 5.76 Å². The van der Waals surface area contributed by atoms with Crippen LogP contribution in [0.4, 0.5) is 19.2 Å². The molecular formula is C8H9F3N2O2. The van der Waals surface area contributed by atoms with E-state index in [0.29, 0.717) is 0 Å². The molecule has 0 unspecified atom stereocenters. The van der Waals surface area contributed by atoms with Crippen LogP contribution in [0.25, 0.3) is 0 Å². The Balaban J connectivity index is 3.42. The highest BCUT2D eigenvalue weighted by Gasteiger charge is 2.38. The van der Waals surface area contributed by atoms with Crippen molar-refractivity contribution in [2.45, 2.75) is 13.1 Å². The molecule has 0 bridgehead atoms. The molecule has 1 heterocycles. The number of rotatable bonds is 1. The molecule has 0 aliphatic heterocycles. The Morgan fingerprint density at radius 3 is 2.20 bits per heavy atom. The average molecular weight is 222 g/mol. The first-order chi connectivity index (χ1) is 6.73. The molecule has 0 aromatic carbocycles. The molecule has 84 valence electrons. The Morgan fingerprint density at radius 2 is 1.87 bits per heavy atom. The van der Waals surface area contributed by atoms with E-state index in [2.05, 4.69) is 4.98 Å². The molecule has 7 heteroatoms. The fraction of sp³-hybridized carbons (Fsp3) is 0.500. The van der Waals surface area contributed by atoms with Crippen LogP contribution >= 0.6 is 0 Å². The minimum Gasteiger partial charge on any atom is -0.430 e. The smallest absolute Gasteiger partial charge is 0.425 e. The molecule has 0 amide bonds. The van der Waals surface area contributed by atoms with Gasteiger partial charge in [0.05, 0.1) is 0 Å². The number of hydrogen-bond acceptors (Lipinski definition) is 4. The minimum atomic E-state index is -4.73. The first kappa shape index (κ1) is 11.5. The zero-order valence-electron chi connectivity index (χ0n) is 8.34. The fourth-order valence-electron chi connectivity index (χ4n) is 1.02. The summed E-state index contributed by atoms with van der Waals surface area (Å²) in [7, 11) is 3.02. The van der Waals surface area contributed by atoms with E-state index < -0.39 is 23.1 Å². The van der Waals surface area contributed by atoms with Gasteiger partial charge >= 0.3 is 6.18 Å². The molecule has 0 fully saturated rings. The van der Waals surface area contributed by atoms with Crippen molar-refractivity contribution < 1.29 is 17.6 Å². The lowest BCUT2D eigenvalue weighted by Crippen LogP contribution is -2.25. The summed E-state index contributed by atoms with van der Waals surface area (Å²) in [5.41, 5.74) is -2.68. The topological polar surface area (TPSA) is 46.3 Å². The second kappa shape index (κ2) is 3.56. The third-order valence-corrected chi connectivity index (χ3v) is 1.67. The summed E-state index contributed by atoms with van der Waals surface area (Å²) in [5, 5.41) is 0. The van der Waals surface area contributed by atoms with Crippen LogP contribution in [0.5, 0.6) is 0 Å². The third-order valence-electron chi connectivity index (χ3n) is 1.67. The van der Waals surface area contributed by atoms with Crippen LogP contribution in [0.1, 0.15) is 11.3 Å². The number of aromatic nitrogens is 1. The van der Waals surface area contributed by atoms with Crippen molar-refractivity contribution in [2.75, 3.05) is 19.0 Å². The summed E-state index contributed by atoms with van der Waals surface area (Å²) in [6.45, 7) is 1.08. The third kappa shape index (κ3) is 2.28. The number of anilines is 1. The maximum Gasteiger partial charge on any atom is 0.425 e. The van der Waals surface area contributed by atoms with E-state index in [1.165, 1.54) is 19.0 Å². The average Bonchev–Trinajstić information content (AvgIpc) is 1.99. The van der Waals surface area contributed by atoms with Crippen LogP contribution < -0.4 is 10.5 Å². The summed E-state index contributed by atoms with van der Waals surface area (Å²) in [4.78, 5) is 15.6. The lowest BCUT2D eigenvalue weighted by atomic mass is 10.2. The van der Waals surface area contributed by atoms with Gasteiger partial charge in [-0.05, 0) is 6.92 Å². The van der Waals surface area contributed by atoms with Crippen molar-refractivity contribution in [3.8, 4) is 0 Å². The highest BCUT2D eigenvalue weighted by atomic mass is 19.4. The van der Waals surface area contributed by atoms with Crippen molar-refractivity contribution >= 4 is 6.01 Å². The Bertz CT molecular complexity index is 423. The summed E-state index contributed by atoms with van der Waals surface area (Å²) in [5.74, 6) is -0.480. The highest BCUT2D eigenvalue weighted by Crippen LogP contribution is 2.29. The summed E-state index contributed by atoms with van der Waals surface area (Å²) < 4.78 is 41.8. The van der Waals surface area contributed by atoms with Crippen LogP contribution in [0.15, 0.2) is 9.21 Å². The Hall–Kier alpha value is -1.53. The summed E-state index contributed by atoms with van der Waals surface area (Å²) in [6.07, 6.45) is -4.73. The van der Waals surface area contributed by atoms with E-state index >= 15 is 0 Å². The predicted molar refractivity (Wildman–Crippen MR) is 46.8 cm³/mol. The van der Waals surface area contributed by atoms with Crippen LogP contribution in [-0.4, -0.2) is 19.1 Å². The molecular weight excluding hydrogens is 213 g/mol. The molecule has 4 nitrogen and oxygen atoms in total. The van der Waals surface area contributed by atoms with Crippen LogP contribution in [0.3, 0.4) is 0 Å². The highest BCUT2D eigenvalue weighted by molar-refractivity contribution is 5.26. The molecule has 0 N–H and O–H groups in total. The van der Waals surface area contributed by atoms with Crippen molar-refractivity contribution in [3.63, 3.8) is 0 Å². The molecule has 0 saturated heterocycles. The number of halogens is 3. The maximum absolute atomic E-state index is 12.3. The quantitative estimate of drug-likeness (QED) is 0.721. The van der Waals surface area contributed by atoms with Gasteiger partial charge in [-0.3, -0.25) is 4.79 Å². The molecule has 1 aromatic rings. The van der Waals surface area contributed by atoms with Crippen LogP contribution in [0.2, 0.25) is 0 Å². The predicted octanol–water partition coefficient (Wildman–Crippen LogP) is 1.43. The van der Waals surface area contributed by atoms with Gasteiger partial charge in [0, 0.05) is 14.1 Å². The maximum atomic E-state index is 12.3. The SMILES string of the molecule is Cc1oc(N(C)C)nc(=O)c1C(F)(F)F. The lowest BCUT2D eigenvalue weighted by molar-refractivity contribution is -0.140. The van der Waals surface area contributed by atoms with Crippen LogP contribution in [-0.2, 0) is 6.18 Å². The van der Waals surface area contributed by atoms with E-state index in [-0.39, 0.29) is 6.01 Å². The van der Waals surface area contributed by atoms with Gasteiger partial charge < -0.3 is 9.32 Å². The number of alkyl halides is 3. The van der Waals surface area contributed by atoms with Gasteiger partial charge in [0.2, 0.25) is 0 Å². The van der Waals surface area contributed by atoms with Gasteiger partial charge in [0.15, 0.2) is 5.56 Å². The fourth-order valence-corrected chi connectivity index (χ4v) is 1.02. The molecule has 15 heavy (non-hydrogen) atoms. The van der Waals surface area contributed by atoms with Crippen LogP contribution in [0, 0.1) is 6.92 Å². The number of nitrogens with zero attached hydrogens (tertiary/aromatic N) is 2. The van der Waals surface area contributed by atoms with Gasteiger partial charge in [-0.15, -0.1) is 0 Å². The number of aryl methyl sites for hydroxylation is 1. The van der Waals surface area contributed by atoms with Gasteiger partial charge in [-0.25, -0.2) is 0 Å². The van der Waals surface area contributed by atoms with E-state index in [1.807, 2.05) is 0 Å². The second-order valence-corrected chi connectivity index (χ2v) is 3.12. The molecule has 0 saturated carbocycles. The summed E-state index contributed by atoms with van der Waals surface area (Å²) in [6, 6.07) is -0.148. The Kier molecular flexibility index (Phi) is 2.74. The van der Waals surface area contributed by atoms with E-state index in [0.717, 1.165) is 6.92 Å². The first-order valence-corrected chi connectivity index (χ1v) is 3.99. The van der Waals surface area contributed by atoms with Gasteiger partial charge in [-0.2, -0.15) is 18.2 Å². The molecule has 1 rings (SSSR count). The standard InChI is InChI=1S/C8H9F3N2O2/c1-4-5(8(9,10)11)6(14)12-7(15-4)13(2)3/h1-3H3.